The highest BCUT2D eigenvalue weighted by Gasteiger charge is 2.24. The second-order valence-electron chi connectivity index (χ2n) is 5.71. The second-order valence-corrected chi connectivity index (χ2v) is 7.05. The van der Waals surface area contributed by atoms with E-state index in [9.17, 15) is 0 Å². The van der Waals surface area contributed by atoms with Gasteiger partial charge in [0.1, 0.15) is 0 Å². The third-order valence-corrected chi connectivity index (χ3v) is 5.35. The molecular weight excluding hydrogens is 266 g/mol. The quantitative estimate of drug-likeness (QED) is 0.916. The van der Waals surface area contributed by atoms with Gasteiger partial charge in [-0.25, -0.2) is 0 Å². The summed E-state index contributed by atoms with van der Waals surface area (Å²) in [5.41, 5.74) is 2.81. The number of nitrogens with zero attached hydrogens (tertiary/aromatic N) is 2. The second kappa shape index (κ2) is 5.26. The number of nitrogens with one attached hydrogen (secondary N) is 1. The minimum atomic E-state index is 0.618. The molecule has 1 fully saturated rings. The highest BCUT2D eigenvalue weighted by Crippen LogP contribution is 2.37. The third-order valence-electron chi connectivity index (χ3n) is 4.04. The Kier molecular flexibility index (Phi) is 3.28. The fraction of sp³-hybridized carbons (Fsp3) is 0.438. The summed E-state index contributed by atoms with van der Waals surface area (Å²) in [5, 5.41) is 8.70. The summed E-state index contributed by atoms with van der Waals surface area (Å²) in [7, 11) is 0. The SMILES string of the molecule is c1ccc2c(c1)CC(Cn1nccc1CNC1CC1)S2. The Bertz CT molecular complexity index is 578. The molecule has 0 radical (unpaired) electrons. The van der Waals surface area contributed by atoms with Gasteiger partial charge in [0.25, 0.3) is 0 Å². The van der Waals surface area contributed by atoms with Gasteiger partial charge in [0.15, 0.2) is 0 Å². The molecular formula is C16H19N3S. The molecule has 1 aromatic carbocycles. The molecule has 4 rings (SSSR count). The zero-order chi connectivity index (χ0) is 13.4. The summed E-state index contributed by atoms with van der Waals surface area (Å²) in [5.74, 6) is 0. The summed E-state index contributed by atoms with van der Waals surface area (Å²) in [4.78, 5) is 1.45. The average Bonchev–Trinajstić information content (AvgIpc) is 3.04. The van der Waals surface area contributed by atoms with E-state index in [2.05, 4.69) is 45.4 Å². The first-order valence-corrected chi connectivity index (χ1v) is 8.25. The molecule has 0 amide bonds. The van der Waals surface area contributed by atoms with E-state index >= 15 is 0 Å². The molecule has 1 aromatic heterocycles. The predicted octanol–water partition coefficient (Wildman–Crippen LogP) is 2.85. The van der Waals surface area contributed by atoms with Crippen LogP contribution in [0, 0.1) is 0 Å². The van der Waals surface area contributed by atoms with Gasteiger partial charge in [0.2, 0.25) is 0 Å². The van der Waals surface area contributed by atoms with Crippen molar-refractivity contribution >= 4 is 11.8 Å². The van der Waals surface area contributed by atoms with Gasteiger partial charge >= 0.3 is 0 Å². The Morgan fingerprint density at radius 3 is 3.00 bits per heavy atom. The van der Waals surface area contributed by atoms with Gasteiger partial charge < -0.3 is 5.32 Å². The van der Waals surface area contributed by atoms with E-state index in [0.29, 0.717) is 5.25 Å². The largest absolute Gasteiger partial charge is 0.308 e. The van der Waals surface area contributed by atoms with Gasteiger partial charge in [-0.3, -0.25) is 4.68 Å². The van der Waals surface area contributed by atoms with Crippen molar-refractivity contribution in [2.45, 2.75) is 48.5 Å². The van der Waals surface area contributed by atoms with Gasteiger partial charge in [0, 0.05) is 28.9 Å². The number of hydrogen-bond acceptors (Lipinski definition) is 3. The highest BCUT2D eigenvalue weighted by molar-refractivity contribution is 8.00. The maximum absolute atomic E-state index is 4.50. The van der Waals surface area contributed by atoms with E-state index in [1.807, 2.05) is 18.0 Å². The number of hydrogen-bond donors (Lipinski definition) is 1. The molecule has 2 heterocycles. The lowest BCUT2D eigenvalue weighted by molar-refractivity contribution is 0.545. The first-order chi connectivity index (χ1) is 9.88. The van der Waals surface area contributed by atoms with Crippen LogP contribution < -0.4 is 5.32 Å². The van der Waals surface area contributed by atoms with Crippen LogP contribution in [-0.2, 0) is 19.5 Å². The molecule has 20 heavy (non-hydrogen) atoms. The Balaban J connectivity index is 1.41. The van der Waals surface area contributed by atoms with E-state index < -0.39 is 0 Å². The van der Waals surface area contributed by atoms with Crippen molar-refractivity contribution in [2.75, 3.05) is 0 Å². The van der Waals surface area contributed by atoms with E-state index in [1.165, 1.54) is 29.0 Å². The molecule has 0 saturated heterocycles. The van der Waals surface area contributed by atoms with Gasteiger partial charge in [-0.05, 0) is 37.0 Å². The highest BCUT2D eigenvalue weighted by atomic mass is 32.2. The molecule has 4 heteroatoms. The lowest BCUT2D eigenvalue weighted by atomic mass is 10.1. The van der Waals surface area contributed by atoms with Crippen LogP contribution in [0.2, 0.25) is 0 Å². The summed E-state index contributed by atoms with van der Waals surface area (Å²) in [6, 6.07) is 11.7. The van der Waals surface area contributed by atoms with Crippen molar-refractivity contribution < 1.29 is 0 Å². The predicted molar refractivity (Wildman–Crippen MR) is 81.9 cm³/mol. The fourth-order valence-electron chi connectivity index (χ4n) is 2.76. The zero-order valence-corrected chi connectivity index (χ0v) is 12.3. The topological polar surface area (TPSA) is 29.9 Å². The molecule has 1 N–H and O–H groups in total. The van der Waals surface area contributed by atoms with Crippen LogP contribution in [-0.4, -0.2) is 21.1 Å². The molecule has 1 atom stereocenters. The number of rotatable bonds is 5. The molecule has 0 bridgehead atoms. The molecule has 104 valence electrons. The van der Waals surface area contributed by atoms with E-state index in [4.69, 9.17) is 0 Å². The Morgan fingerprint density at radius 1 is 1.25 bits per heavy atom. The van der Waals surface area contributed by atoms with Crippen LogP contribution >= 0.6 is 11.8 Å². The molecule has 1 unspecified atom stereocenters. The Hall–Kier alpha value is -1.26. The maximum Gasteiger partial charge on any atom is 0.0538 e. The van der Waals surface area contributed by atoms with Crippen LogP contribution in [0.4, 0.5) is 0 Å². The normalized spacial score (nSPS) is 21.1. The lowest BCUT2D eigenvalue weighted by Gasteiger charge is -2.12. The first kappa shape index (κ1) is 12.5. The average molecular weight is 285 g/mol. The standard InChI is InChI=1S/C16H19N3S/c1-2-4-16-12(3-1)9-15(20-16)11-19-14(7-8-18-19)10-17-13-5-6-13/h1-4,7-8,13,15,17H,5-6,9-11H2. The summed E-state index contributed by atoms with van der Waals surface area (Å²) < 4.78 is 2.18. The summed E-state index contributed by atoms with van der Waals surface area (Å²) >= 11 is 2.00. The summed E-state index contributed by atoms with van der Waals surface area (Å²) in [6.45, 7) is 1.96. The van der Waals surface area contributed by atoms with Crippen LogP contribution in [0.25, 0.3) is 0 Å². The first-order valence-electron chi connectivity index (χ1n) is 7.37. The van der Waals surface area contributed by atoms with Gasteiger partial charge in [0.05, 0.1) is 12.2 Å². The van der Waals surface area contributed by atoms with Crippen LogP contribution in [0.15, 0.2) is 41.4 Å². The molecule has 0 spiro atoms. The minimum Gasteiger partial charge on any atom is -0.308 e. The summed E-state index contributed by atoms with van der Waals surface area (Å²) in [6.07, 6.45) is 5.76. The molecule has 2 aromatic rings. The van der Waals surface area contributed by atoms with E-state index in [1.54, 1.807) is 0 Å². The van der Waals surface area contributed by atoms with Crippen LogP contribution in [0.1, 0.15) is 24.1 Å². The van der Waals surface area contributed by atoms with E-state index in [-0.39, 0.29) is 0 Å². The van der Waals surface area contributed by atoms with Crippen molar-refractivity contribution in [3.63, 3.8) is 0 Å². The van der Waals surface area contributed by atoms with Gasteiger partial charge in [-0.1, -0.05) is 18.2 Å². The Morgan fingerprint density at radius 2 is 2.15 bits per heavy atom. The lowest BCUT2D eigenvalue weighted by Crippen LogP contribution is -2.21. The monoisotopic (exact) mass is 285 g/mol. The smallest absolute Gasteiger partial charge is 0.0538 e. The molecule has 1 aliphatic heterocycles. The van der Waals surface area contributed by atoms with Gasteiger partial charge in [-0.2, -0.15) is 5.10 Å². The van der Waals surface area contributed by atoms with Crippen molar-refractivity contribution in [3.8, 4) is 0 Å². The minimum absolute atomic E-state index is 0.618. The Labute approximate surface area is 123 Å². The number of benzene rings is 1. The van der Waals surface area contributed by atoms with Gasteiger partial charge in [-0.15, -0.1) is 11.8 Å². The molecule has 3 nitrogen and oxygen atoms in total. The molecule has 1 saturated carbocycles. The van der Waals surface area contributed by atoms with Crippen molar-refractivity contribution in [1.82, 2.24) is 15.1 Å². The van der Waals surface area contributed by atoms with Crippen LogP contribution in [0.5, 0.6) is 0 Å². The third kappa shape index (κ3) is 2.63. The van der Waals surface area contributed by atoms with Crippen LogP contribution in [0.3, 0.4) is 0 Å². The number of thioether (sulfide) groups is 1. The van der Waals surface area contributed by atoms with Crippen molar-refractivity contribution in [1.29, 1.82) is 0 Å². The zero-order valence-electron chi connectivity index (χ0n) is 11.5. The van der Waals surface area contributed by atoms with Crippen molar-refractivity contribution in [3.05, 3.63) is 47.8 Å². The van der Waals surface area contributed by atoms with E-state index in [0.717, 1.165) is 25.6 Å². The number of aromatic nitrogens is 2. The maximum atomic E-state index is 4.50. The number of fused-ring (bicyclic) bond motifs is 1. The fourth-order valence-corrected chi connectivity index (χ4v) is 4.06. The van der Waals surface area contributed by atoms with Crippen molar-refractivity contribution in [2.24, 2.45) is 0 Å². The molecule has 2 aliphatic rings. The molecule has 1 aliphatic carbocycles.